The highest BCUT2D eigenvalue weighted by atomic mass is 79.9. The second kappa shape index (κ2) is 13.6. The number of ether oxygens (including phenoxy) is 3. The van der Waals surface area contributed by atoms with Crippen LogP contribution in [0.4, 0.5) is 0 Å². The fourth-order valence-corrected chi connectivity index (χ4v) is 9.15. The molecule has 10 nitrogen and oxygen atoms in total. The Hall–Kier alpha value is -2.67. The van der Waals surface area contributed by atoms with Gasteiger partial charge in [-0.15, -0.1) is 0 Å². The molecule has 0 unspecified atom stereocenters. The number of carbonyl (C=O) groups excluding carboxylic acids is 2. The molecule has 0 saturated heterocycles. The van der Waals surface area contributed by atoms with Gasteiger partial charge in [0.2, 0.25) is 5.78 Å². The number of Topliss-reactive ketones (excluding diaryl/α,β-unsaturated/α-hetero) is 2. The first-order valence-electron chi connectivity index (χ1n) is 17.1. The maximum Gasteiger partial charge on any atom is 0.265 e. The molecule has 4 atom stereocenters. The zero-order valence-electron chi connectivity index (χ0n) is 30.0. The van der Waals surface area contributed by atoms with Crippen molar-refractivity contribution in [3.63, 3.8) is 0 Å². The van der Waals surface area contributed by atoms with E-state index in [0.29, 0.717) is 53.4 Å². The summed E-state index contributed by atoms with van der Waals surface area (Å²) in [5, 5.41) is 16.7. The van der Waals surface area contributed by atoms with E-state index in [-0.39, 0.29) is 33.6 Å². The zero-order chi connectivity index (χ0) is 35.3. The molecule has 48 heavy (non-hydrogen) atoms. The Labute approximate surface area is 293 Å². The van der Waals surface area contributed by atoms with Crippen LogP contribution >= 0.6 is 15.9 Å². The fourth-order valence-electron chi connectivity index (χ4n) is 7.18. The lowest BCUT2D eigenvalue weighted by Crippen LogP contribution is -2.65. The molecule has 0 saturated carbocycles. The van der Waals surface area contributed by atoms with Crippen LogP contribution in [0.15, 0.2) is 26.4 Å². The number of hydrogen-bond donors (Lipinski definition) is 1. The highest BCUT2D eigenvalue weighted by molar-refractivity contribution is 9.10. The van der Waals surface area contributed by atoms with E-state index in [9.17, 15) is 9.90 Å². The van der Waals surface area contributed by atoms with E-state index in [1.807, 2.05) is 25.1 Å². The molecule has 0 amide bonds. The molecule has 12 heteroatoms. The number of aliphatic hydroxyl groups is 1. The first-order valence-corrected chi connectivity index (χ1v) is 20.8. The van der Waals surface area contributed by atoms with Crippen LogP contribution in [0.25, 0.3) is 0 Å². The van der Waals surface area contributed by atoms with E-state index in [1.54, 1.807) is 7.11 Å². The molecule has 3 aliphatic carbocycles. The van der Waals surface area contributed by atoms with Crippen LogP contribution in [-0.4, -0.2) is 75.1 Å². The Bertz CT molecular complexity index is 1610. The third kappa shape index (κ3) is 5.84. The summed E-state index contributed by atoms with van der Waals surface area (Å²) < 4.78 is 31.8. The minimum absolute atomic E-state index is 0.0903. The Kier molecular flexibility index (Phi) is 10.3. The van der Waals surface area contributed by atoms with Crippen molar-refractivity contribution >= 4 is 35.8 Å². The number of halogens is 1. The third-order valence-corrected chi connectivity index (χ3v) is 15.7. The first kappa shape index (κ1) is 36.6. The van der Waals surface area contributed by atoms with E-state index < -0.39 is 37.6 Å². The Balaban J connectivity index is 1.79. The molecule has 1 heterocycles. The molecule has 0 spiro atoms. The molecule has 2 aromatic rings. The Morgan fingerprint density at radius 2 is 1.75 bits per heavy atom. The molecular weight excluding hydrogens is 696 g/mol. The van der Waals surface area contributed by atoms with E-state index in [2.05, 4.69) is 68.8 Å². The summed E-state index contributed by atoms with van der Waals surface area (Å²) in [6, 6.07) is 1.34. The monoisotopic (exact) mass is 746 g/mol. The van der Waals surface area contributed by atoms with Gasteiger partial charge in [0.05, 0.1) is 36.4 Å². The summed E-state index contributed by atoms with van der Waals surface area (Å²) in [6.07, 6.45) is 4.21. The number of nitrogens with zero attached hydrogens (tertiary/aromatic N) is 2. The Morgan fingerprint density at radius 3 is 2.33 bits per heavy atom. The van der Waals surface area contributed by atoms with Crippen LogP contribution in [0.1, 0.15) is 105 Å². The smallest absolute Gasteiger partial charge is 0.265 e. The molecule has 1 N–H and O–H groups in total. The standard InChI is InChI=1S/C36H51BrN2O8Si/c1-11-13-15-44-30-23(37)19-24(43-8)21-17-20-18-22-28(39(6)7)31-27(34(38-46-31)45-16-14-12-2)33(42)36(22,47-48(9,10)35(3,4)5)32(41)25(20)29(40)26(21)30/h19-20,22,28,41H,11-18H2,1-10H3/t20-,22-,28-,36-/m0/s1. The number of unbranched alkanes of at least 4 members (excludes halogenated alkanes) is 2. The average Bonchev–Trinajstić information content (AvgIpc) is 3.42. The second-order valence-corrected chi connectivity index (χ2v) is 20.6. The number of ketones is 2. The third-order valence-electron chi connectivity index (χ3n) is 10.7. The van der Waals surface area contributed by atoms with Gasteiger partial charge in [-0.25, -0.2) is 0 Å². The molecule has 264 valence electrons. The van der Waals surface area contributed by atoms with Crippen molar-refractivity contribution in [1.29, 1.82) is 0 Å². The number of hydrogen-bond acceptors (Lipinski definition) is 10. The van der Waals surface area contributed by atoms with Crippen molar-refractivity contribution in [2.45, 2.75) is 103 Å². The number of rotatable bonds is 12. The second-order valence-electron chi connectivity index (χ2n) is 15.0. The summed E-state index contributed by atoms with van der Waals surface area (Å²) in [5.74, 6) is -0.735. The topological polar surface area (TPSA) is 121 Å². The van der Waals surface area contributed by atoms with Gasteiger partial charge >= 0.3 is 0 Å². The quantitative estimate of drug-likeness (QED) is 0.168. The number of carbonyl (C=O) groups is 2. The van der Waals surface area contributed by atoms with Crippen molar-refractivity contribution in [3.05, 3.63) is 44.3 Å². The summed E-state index contributed by atoms with van der Waals surface area (Å²) in [5.41, 5.74) is -0.429. The number of aliphatic hydroxyl groups excluding tert-OH is 1. The number of aromatic nitrogens is 1. The number of allylic oxidation sites excluding steroid dienone is 1. The van der Waals surface area contributed by atoms with Crippen molar-refractivity contribution in [3.8, 4) is 17.4 Å². The van der Waals surface area contributed by atoms with Gasteiger partial charge in [0.15, 0.2) is 25.5 Å². The highest BCUT2D eigenvalue weighted by Crippen LogP contribution is 2.60. The zero-order valence-corrected chi connectivity index (χ0v) is 32.6. The van der Waals surface area contributed by atoms with E-state index in [0.717, 1.165) is 31.2 Å². The van der Waals surface area contributed by atoms with Crippen LogP contribution < -0.4 is 14.2 Å². The molecule has 1 aromatic heterocycles. The normalized spacial score (nSPS) is 23.9. The molecule has 0 bridgehead atoms. The Morgan fingerprint density at radius 1 is 1.10 bits per heavy atom. The van der Waals surface area contributed by atoms with Gasteiger partial charge < -0.3 is 28.3 Å². The molecule has 3 aliphatic rings. The van der Waals surface area contributed by atoms with Gasteiger partial charge in [0, 0.05) is 17.1 Å². The average molecular weight is 748 g/mol. The predicted molar refractivity (Wildman–Crippen MR) is 189 cm³/mol. The molecule has 5 rings (SSSR count). The van der Waals surface area contributed by atoms with Gasteiger partial charge in [-0.1, -0.05) is 47.5 Å². The lowest BCUT2D eigenvalue weighted by atomic mass is 9.58. The lowest BCUT2D eigenvalue weighted by molar-refractivity contribution is -0.0480. The maximum absolute atomic E-state index is 15.2. The summed E-state index contributed by atoms with van der Waals surface area (Å²) in [6.45, 7) is 15.3. The highest BCUT2D eigenvalue weighted by Gasteiger charge is 2.67. The van der Waals surface area contributed by atoms with E-state index in [1.165, 1.54) is 0 Å². The molecule has 1 aromatic carbocycles. The number of methoxy groups -OCH3 is 1. The van der Waals surface area contributed by atoms with Crippen LogP contribution in [0.3, 0.4) is 0 Å². The van der Waals surface area contributed by atoms with Crippen molar-refractivity contribution < 1.29 is 37.9 Å². The fraction of sp³-hybridized carbons (Fsp3) is 0.639. The van der Waals surface area contributed by atoms with Crippen LogP contribution in [-0.2, 0) is 10.8 Å². The van der Waals surface area contributed by atoms with Crippen molar-refractivity contribution in [1.82, 2.24) is 10.1 Å². The van der Waals surface area contributed by atoms with Crippen LogP contribution in [0, 0.1) is 11.8 Å². The van der Waals surface area contributed by atoms with Crippen molar-refractivity contribution in [2.24, 2.45) is 11.8 Å². The van der Waals surface area contributed by atoms with E-state index in [4.69, 9.17) is 23.2 Å². The van der Waals surface area contributed by atoms with Crippen LogP contribution in [0.5, 0.6) is 17.4 Å². The molecule has 0 aliphatic heterocycles. The summed E-state index contributed by atoms with van der Waals surface area (Å²) in [4.78, 5) is 32.1. The van der Waals surface area contributed by atoms with Gasteiger partial charge in [-0.2, -0.15) is 0 Å². The molecule has 0 fully saturated rings. The van der Waals surface area contributed by atoms with Gasteiger partial charge in [-0.3, -0.25) is 14.5 Å². The summed E-state index contributed by atoms with van der Waals surface area (Å²) >= 11 is 3.61. The lowest BCUT2D eigenvalue weighted by Gasteiger charge is -2.55. The predicted octanol–water partition coefficient (Wildman–Crippen LogP) is 8.25. The summed E-state index contributed by atoms with van der Waals surface area (Å²) in [7, 11) is 2.61. The van der Waals surface area contributed by atoms with Crippen molar-refractivity contribution in [2.75, 3.05) is 34.4 Å². The first-order chi connectivity index (χ1) is 22.6. The minimum atomic E-state index is -2.80. The number of fused-ring (bicyclic) bond motifs is 4. The van der Waals surface area contributed by atoms with Gasteiger partial charge in [0.1, 0.15) is 22.8 Å². The largest absolute Gasteiger partial charge is 0.508 e. The maximum atomic E-state index is 15.2. The minimum Gasteiger partial charge on any atom is -0.508 e. The van der Waals surface area contributed by atoms with E-state index >= 15 is 4.79 Å². The molecule has 0 radical (unpaired) electrons. The van der Waals surface area contributed by atoms with Crippen LogP contribution in [0.2, 0.25) is 18.1 Å². The van der Waals surface area contributed by atoms with Gasteiger partial charge in [-0.05, 0) is 91.0 Å². The number of benzene rings is 1. The van der Waals surface area contributed by atoms with Gasteiger partial charge in [0.25, 0.3) is 5.88 Å². The SMILES string of the molecule is CCCCOc1noc2c1C(=O)[C@@]1(O[Si](C)(C)C(C)(C)C)C(O)=C3C(=O)c4c(c(OC)cc(Br)c4OCCCC)C[C@H]3C[C@H]1[C@@H]2N(C)C. The molecular formula is C36H51BrN2O8Si.